The Bertz CT molecular complexity index is 447. The SMILES string of the molecule is C=C[C@@H](c1cc(Br)cc(F)c1O)N1CCNCC1. The summed E-state index contributed by atoms with van der Waals surface area (Å²) in [5.74, 6) is -0.900. The van der Waals surface area contributed by atoms with Gasteiger partial charge in [0.05, 0.1) is 6.04 Å². The van der Waals surface area contributed by atoms with Crippen LogP contribution < -0.4 is 5.32 Å². The molecule has 0 bridgehead atoms. The Balaban J connectivity index is 2.34. The van der Waals surface area contributed by atoms with Gasteiger partial charge in [-0.3, -0.25) is 4.90 Å². The van der Waals surface area contributed by atoms with Crippen LogP contribution in [0.1, 0.15) is 11.6 Å². The number of halogens is 2. The summed E-state index contributed by atoms with van der Waals surface area (Å²) >= 11 is 3.25. The predicted molar refractivity (Wildman–Crippen MR) is 73.1 cm³/mol. The summed E-state index contributed by atoms with van der Waals surface area (Å²) < 4.78 is 14.2. The van der Waals surface area contributed by atoms with Crippen molar-refractivity contribution in [3.05, 3.63) is 40.6 Å². The van der Waals surface area contributed by atoms with E-state index in [9.17, 15) is 9.50 Å². The van der Waals surface area contributed by atoms with Crippen LogP contribution in [0.15, 0.2) is 29.3 Å². The number of aromatic hydroxyl groups is 1. The first-order valence-corrected chi connectivity index (χ1v) is 6.68. The van der Waals surface area contributed by atoms with Gasteiger partial charge in [-0.25, -0.2) is 4.39 Å². The molecule has 3 nitrogen and oxygen atoms in total. The second-order valence-corrected chi connectivity index (χ2v) is 5.21. The molecule has 0 spiro atoms. The zero-order chi connectivity index (χ0) is 13.1. The van der Waals surface area contributed by atoms with Crippen LogP contribution >= 0.6 is 15.9 Å². The Hall–Kier alpha value is -0.910. The predicted octanol–water partition coefficient (Wildman–Crippen LogP) is 2.43. The molecule has 1 heterocycles. The standard InChI is InChI=1S/C13H16BrFN2O/c1-2-12(17-5-3-16-4-6-17)10-7-9(14)8-11(15)13(10)18/h2,7-8,12,16,18H,1,3-6H2/t12-/m0/s1. The topological polar surface area (TPSA) is 35.5 Å². The van der Waals surface area contributed by atoms with Gasteiger partial charge in [0.1, 0.15) is 0 Å². The van der Waals surface area contributed by atoms with Crippen molar-refractivity contribution >= 4 is 15.9 Å². The van der Waals surface area contributed by atoms with Crippen LogP contribution in [-0.2, 0) is 0 Å². The molecular formula is C13H16BrFN2O. The summed E-state index contributed by atoms with van der Waals surface area (Å²) in [6.07, 6.45) is 1.74. The van der Waals surface area contributed by atoms with Crippen LogP contribution in [0, 0.1) is 5.82 Å². The number of hydrogen-bond acceptors (Lipinski definition) is 3. The first-order chi connectivity index (χ1) is 8.63. The molecule has 1 aromatic carbocycles. The minimum atomic E-state index is -0.610. The van der Waals surface area contributed by atoms with Crippen molar-refractivity contribution in [3.8, 4) is 5.75 Å². The van der Waals surface area contributed by atoms with E-state index in [-0.39, 0.29) is 11.8 Å². The molecule has 1 fully saturated rings. The zero-order valence-electron chi connectivity index (χ0n) is 10.00. The highest BCUT2D eigenvalue weighted by molar-refractivity contribution is 9.10. The van der Waals surface area contributed by atoms with Crippen molar-refractivity contribution in [2.75, 3.05) is 26.2 Å². The fourth-order valence-corrected chi connectivity index (χ4v) is 2.69. The Kier molecular flexibility index (Phi) is 4.37. The maximum atomic E-state index is 13.6. The number of piperazine rings is 1. The van der Waals surface area contributed by atoms with E-state index in [1.165, 1.54) is 6.07 Å². The van der Waals surface area contributed by atoms with Gasteiger partial charge < -0.3 is 10.4 Å². The molecule has 98 valence electrons. The number of rotatable bonds is 3. The minimum Gasteiger partial charge on any atom is -0.505 e. The molecule has 1 aliphatic rings. The Morgan fingerprint density at radius 1 is 1.44 bits per heavy atom. The van der Waals surface area contributed by atoms with Crippen LogP contribution in [0.2, 0.25) is 0 Å². The molecular weight excluding hydrogens is 299 g/mol. The molecule has 2 N–H and O–H groups in total. The van der Waals surface area contributed by atoms with Crippen molar-refractivity contribution in [1.29, 1.82) is 0 Å². The molecule has 0 radical (unpaired) electrons. The van der Waals surface area contributed by atoms with Crippen molar-refractivity contribution < 1.29 is 9.50 Å². The molecule has 18 heavy (non-hydrogen) atoms. The van der Waals surface area contributed by atoms with E-state index in [1.807, 2.05) is 0 Å². The zero-order valence-corrected chi connectivity index (χ0v) is 11.6. The molecule has 0 unspecified atom stereocenters. The molecule has 5 heteroatoms. The monoisotopic (exact) mass is 314 g/mol. The van der Waals surface area contributed by atoms with E-state index >= 15 is 0 Å². The van der Waals surface area contributed by atoms with Gasteiger partial charge in [0.2, 0.25) is 0 Å². The largest absolute Gasteiger partial charge is 0.505 e. The molecule has 1 aromatic rings. The van der Waals surface area contributed by atoms with Gasteiger partial charge in [-0.1, -0.05) is 22.0 Å². The molecule has 1 aliphatic heterocycles. The molecule has 0 aromatic heterocycles. The van der Waals surface area contributed by atoms with E-state index in [2.05, 4.69) is 32.7 Å². The van der Waals surface area contributed by atoms with E-state index in [0.717, 1.165) is 26.2 Å². The molecule has 0 aliphatic carbocycles. The summed E-state index contributed by atoms with van der Waals surface area (Å²) in [6.45, 7) is 7.29. The van der Waals surface area contributed by atoms with Gasteiger partial charge in [0.25, 0.3) is 0 Å². The second kappa shape index (κ2) is 5.82. The van der Waals surface area contributed by atoms with E-state index < -0.39 is 5.82 Å². The maximum Gasteiger partial charge on any atom is 0.166 e. The summed E-state index contributed by atoms with van der Waals surface area (Å²) in [4.78, 5) is 2.17. The number of nitrogens with one attached hydrogen (secondary N) is 1. The van der Waals surface area contributed by atoms with Gasteiger partial charge in [-0.15, -0.1) is 6.58 Å². The third kappa shape index (κ3) is 2.74. The van der Waals surface area contributed by atoms with Crippen molar-refractivity contribution in [2.45, 2.75) is 6.04 Å². The lowest BCUT2D eigenvalue weighted by molar-refractivity contribution is 0.200. The lowest BCUT2D eigenvalue weighted by atomic mass is 10.0. The number of phenolic OH excluding ortho intramolecular Hbond substituents is 1. The normalized spacial score (nSPS) is 18.6. The molecule has 1 saturated heterocycles. The minimum absolute atomic E-state index is 0.168. The van der Waals surface area contributed by atoms with Gasteiger partial charge in [-0.05, 0) is 12.1 Å². The summed E-state index contributed by atoms with van der Waals surface area (Å²) in [6, 6.07) is 2.84. The molecule has 0 saturated carbocycles. The third-order valence-electron chi connectivity index (χ3n) is 3.14. The van der Waals surface area contributed by atoms with Gasteiger partial charge in [0, 0.05) is 36.2 Å². The van der Waals surface area contributed by atoms with E-state index in [4.69, 9.17) is 0 Å². The van der Waals surface area contributed by atoms with Gasteiger partial charge in [-0.2, -0.15) is 0 Å². The van der Waals surface area contributed by atoms with E-state index in [0.29, 0.717) is 10.0 Å². The molecule has 1 atom stereocenters. The lowest BCUT2D eigenvalue weighted by Gasteiger charge is -2.33. The molecule has 2 rings (SSSR count). The van der Waals surface area contributed by atoms with E-state index in [1.54, 1.807) is 12.1 Å². The fourth-order valence-electron chi connectivity index (χ4n) is 2.24. The highest BCUT2D eigenvalue weighted by atomic mass is 79.9. The number of hydrogen-bond donors (Lipinski definition) is 2. The maximum absolute atomic E-state index is 13.6. The second-order valence-electron chi connectivity index (χ2n) is 4.29. The quantitative estimate of drug-likeness (QED) is 0.841. The summed E-state index contributed by atoms with van der Waals surface area (Å²) in [7, 11) is 0. The van der Waals surface area contributed by atoms with Crippen LogP contribution in [0.3, 0.4) is 0 Å². The molecule has 0 amide bonds. The number of benzene rings is 1. The average Bonchev–Trinajstić information content (AvgIpc) is 2.37. The number of nitrogens with zero attached hydrogens (tertiary/aromatic N) is 1. The Morgan fingerprint density at radius 2 is 2.11 bits per heavy atom. The highest BCUT2D eigenvalue weighted by Gasteiger charge is 2.23. The lowest BCUT2D eigenvalue weighted by Crippen LogP contribution is -2.44. The summed E-state index contributed by atoms with van der Waals surface area (Å²) in [5, 5.41) is 13.1. The summed E-state index contributed by atoms with van der Waals surface area (Å²) in [5.41, 5.74) is 0.554. The first kappa shape index (κ1) is 13.5. The van der Waals surface area contributed by atoms with Crippen LogP contribution in [0.25, 0.3) is 0 Å². The highest BCUT2D eigenvalue weighted by Crippen LogP contribution is 2.34. The fraction of sp³-hybridized carbons (Fsp3) is 0.385. The Morgan fingerprint density at radius 3 is 2.72 bits per heavy atom. The Labute approximate surface area is 114 Å². The van der Waals surface area contributed by atoms with Crippen LogP contribution in [0.4, 0.5) is 4.39 Å². The van der Waals surface area contributed by atoms with Crippen molar-refractivity contribution in [3.63, 3.8) is 0 Å². The smallest absolute Gasteiger partial charge is 0.166 e. The van der Waals surface area contributed by atoms with Gasteiger partial charge in [0.15, 0.2) is 11.6 Å². The number of phenols is 1. The average molecular weight is 315 g/mol. The first-order valence-electron chi connectivity index (χ1n) is 5.88. The third-order valence-corrected chi connectivity index (χ3v) is 3.60. The van der Waals surface area contributed by atoms with Crippen molar-refractivity contribution in [2.24, 2.45) is 0 Å². The van der Waals surface area contributed by atoms with Crippen LogP contribution in [0.5, 0.6) is 5.75 Å². The van der Waals surface area contributed by atoms with Crippen LogP contribution in [-0.4, -0.2) is 36.2 Å². The van der Waals surface area contributed by atoms with Gasteiger partial charge >= 0.3 is 0 Å². The van der Waals surface area contributed by atoms with Crippen molar-refractivity contribution in [1.82, 2.24) is 10.2 Å².